The Kier molecular flexibility index (Phi) is 6.97. The molecule has 0 radical (unpaired) electrons. The van der Waals surface area contributed by atoms with Gasteiger partial charge in [0.05, 0.1) is 0 Å². The Bertz CT molecular complexity index is 461. The second-order valence-corrected chi connectivity index (χ2v) is 4.73. The molecule has 1 N–H and O–H groups in total. The first kappa shape index (κ1) is 16.9. The number of guanidine groups is 1. The lowest BCUT2D eigenvalue weighted by Crippen LogP contribution is -2.39. The van der Waals surface area contributed by atoms with E-state index < -0.39 is 0 Å². The summed E-state index contributed by atoms with van der Waals surface area (Å²) < 4.78 is 1.97. The normalized spacial score (nSPS) is 15.1. The van der Waals surface area contributed by atoms with Crippen molar-refractivity contribution < 1.29 is 0 Å². The van der Waals surface area contributed by atoms with E-state index >= 15 is 0 Å². The van der Waals surface area contributed by atoms with Gasteiger partial charge in [-0.2, -0.15) is 0 Å². The van der Waals surface area contributed by atoms with E-state index in [1.807, 2.05) is 24.6 Å². The van der Waals surface area contributed by atoms with Crippen LogP contribution in [0.3, 0.4) is 0 Å². The summed E-state index contributed by atoms with van der Waals surface area (Å²) in [4.78, 5) is 6.93. The topological polar surface area (TPSA) is 58.3 Å². The summed E-state index contributed by atoms with van der Waals surface area (Å²) in [5.74, 6) is 2.74. The number of nitrogens with zero attached hydrogens (tertiary/aromatic N) is 5. The first-order valence-corrected chi connectivity index (χ1v) is 6.71. The van der Waals surface area contributed by atoms with Crippen LogP contribution in [0, 0.1) is 6.92 Å². The molecule has 0 aliphatic carbocycles. The summed E-state index contributed by atoms with van der Waals surface area (Å²) >= 11 is 0. The highest BCUT2D eigenvalue weighted by Gasteiger charge is 2.16. The lowest BCUT2D eigenvalue weighted by molar-refractivity contribution is 0.494. The molecule has 20 heavy (non-hydrogen) atoms. The van der Waals surface area contributed by atoms with Crippen LogP contribution in [0.1, 0.15) is 24.5 Å². The molecule has 112 valence electrons. The fourth-order valence-corrected chi connectivity index (χ4v) is 2.09. The number of halogens is 1. The quantitative estimate of drug-likeness (QED) is 0.366. The van der Waals surface area contributed by atoms with Crippen LogP contribution in [-0.2, 0) is 13.6 Å². The summed E-state index contributed by atoms with van der Waals surface area (Å²) in [6.45, 7) is 9.09. The van der Waals surface area contributed by atoms with Crippen LogP contribution in [-0.4, -0.2) is 45.3 Å². The zero-order valence-corrected chi connectivity index (χ0v) is 14.5. The minimum Gasteiger partial charge on any atom is -0.353 e. The second-order valence-electron chi connectivity index (χ2n) is 4.73. The molecule has 0 atom stereocenters. The van der Waals surface area contributed by atoms with Crippen molar-refractivity contribution in [3.63, 3.8) is 0 Å². The molecule has 1 aliphatic rings. The average molecular weight is 390 g/mol. The van der Waals surface area contributed by atoms with Gasteiger partial charge in [-0.15, -0.1) is 40.8 Å². The van der Waals surface area contributed by atoms with Crippen molar-refractivity contribution in [2.45, 2.75) is 26.3 Å². The minimum absolute atomic E-state index is 0. The first-order chi connectivity index (χ1) is 9.22. The Balaban J connectivity index is 0.00000200. The molecule has 2 heterocycles. The largest absolute Gasteiger partial charge is 0.353 e. The van der Waals surface area contributed by atoms with Crippen LogP contribution in [0.2, 0.25) is 0 Å². The van der Waals surface area contributed by atoms with Gasteiger partial charge in [0.15, 0.2) is 11.8 Å². The van der Waals surface area contributed by atoms with Gasteiger partial charge in [-0.1, -0.05) is 6.08 Å². The molecule has 0 spiro atoms. The summed E-state index contributed by atoms with van der Waals surface area (Å²) in [6.07, 6.45) is 4.31. The third-order valence-electron chi connectivity index (χ3n) is 3.36. The van der Waals surface area contributed by atoms with Gasteiger partial charge in [0, 0.05) is 26.7 Å². The maximum Gasteiger partial charge on any atom is 0.194 e. The molecule has 2 rings (SSSR count). The summed E-state index contributed by atoms with van der Waals surface area (Å²) in [5, 5.41) is 11.5. The predicted octanol–water partition coefficient (Wildman–Crippen LogP) is 1.47. The van der Waals surface area contributed by atoms with E-state index in [0.717, 1.165) is 37.2 Å². The average Bonchev–Trinajstić information content (AvgIpc) is 3.03. The maximum absolute atomic E-state index is 4.65. The molecule has 1 saturated heterocycles. The van der Waals surface area contributed by atoms with Crippen molar-refractivity contribution in [2.75, 3.05) is 19.6 Å². The van der Waals surface area contributed by atoms with Crippen LogP contribution in [0.15, 0.2) is 17.6 Å². The molecular formula is C13H23IN6. The van der Waals surface area contributed by atoms with E-state index in [9.17, 15) is 0 Å². The predicted molar refractivity (Wildman–Crippen MR) is 91.3 cm³/mol. The summed E-state index contributed by atoms with van der Waals surface area (Å²) in [7, 11) is 1.97. The van der Waals surface area contributed by atoms with E-state index in [-0.39, 0.29) is 24.0 Å². The Morgan fingerprint density at radius 3 is 2.65 bits per heavy atom. The Hall–Kier alpha value is -1.12. The monoisotopic (exact) mass is 390 g/mol. The second kappa shape index (κ2) is 8.23. The highest BCUT2D eigenvalue weighted by Crippen LogP contribution is 2.08. The number of aryl methyl sites for hydroxylation is 1. The zero-order valence-electron chi connectivity index (χ0n) is 12.2. The smallest absolute Gasteiger partial charge is 0.194 e. The lowest BCUT2D eigenvalue weighted by atomic mass is 10.4. The third-order valence-corrected chi connectivity index (χ3v) is 3.36. The van der Waals surface area contributed by atoms with Crippen LogP contribution in [0.25, 0.3) is 0 Å². The van der Waals surface area contributed by atoms with Gasteiger partial charge in [0.1, 0.15) is 12.4 Å². The van der Waals surface area contributed by atoms with Crippen LogP contribution in [0.5, 0.6) is 0 Å². The van der Waals surface area contributed by atoms with Crippen molar-refractivity contribution in [1.82, 2.24) is 25.0 Å². The van der Waals surface area contributed by atoms with E-state index in [1.54, 1.807) is 0 Å². The number of hydrogen-bond donors (Lipinski definition) is 1. The van der Waals surface area contributed by atoms with Gasteiger partial charge in [-0.05, 0) is 19.8 Å². The van der Waals surface area contributed by atoms with Gasteiger partial charge >= 0.3 is 0 Å². The maximum atomic E-state index is 4.65. The van der Waals surface area contributed by atoms with Crippen LogP contribution in [0.4, 0.5) is 0 Å². The third kappa shape index (κ3) is 4.19. The van der Waals surface area contributed by atoms with Crippen molar-refractivity contribution in [3.8, 4) is 0 Å². The van der Waals surface area contributed by atoms with Gasteiger partial charge in [-0.25, -0.2) is 4.99 Å². The highest BCUT2D eigenvalue weighted by molar-refractivity contribution is 14.0. The van der Waals surface area contributed by atoms with Gasteiger partial charge in [-0.3, -0.25) is 0 Å². The number of aromatic nitrogens is 3. The summed E-state index contributed by atoms with van der Waals surface area (Å²) in [5.41, 5.74) is 0. The molecule has 1 fully saturated rings. The molecule has 1 aromatic heterocycles. The fourth-order valence-electron chi connectivity index (χ4n) is 2.09. The molecule has 0 aromatic carbocycles. The van der Waals surface area contributed by atoms with E-state index in [1.165, 1.54) is 12.8 Å². The number of aliphatic imine (C=N–C) groups is 1. The van der Waals surface area contributed by atoms with Crippen molar-refractivity contribution in [1.29, 1.82) is 0 Å². The highest BCUT2D eigenvalue weighted by atomic mass is 127. The molecule has 7 heteroatoms. The number of hydrogen-bond acceptors (Lipinski definition) is 3. The molecule has 1 aliphatic heterocycles. The minimum atomic E-state index is 0. The molecule has 6 nitrogen and oxygen atoms in total. The van der Waals surface area contributed by atoms with E-state index in [2.05, 4.69) is 32.0 Å². The molecule has 0 saturated carbocycles. The SMILES string of the molecule is C=CCNC(=NCc1nnc(C)n1C)N1CCCC1.I. The zero-order chi connectivity index (χ0) is 13.7. The van der Waals surface area contributed by atoms with Crippen molar-refractivity contribution in [3.05, 3.63) is 24.3 Å². The Labute approximate surface area is 137 Å². The molecule has 0 unspecified atom stereocenters. The molecule has 0 amide bonds. The van der Waals surface area contributed by atoms with Crippen LogP contribution < -0.4 is 5.32 Å². The van der Waals surface area contributed by atoms with Gasteiger partial charge < -0.3 is 14.8 Å². The van der Waals surface area contributed by atoms with Gasteiger partial charge in [0.2, 0.25) is 0 Å². The first-order valence-electron chi connectivity index (χ1n) is 6.71. The Morgan fingerprint density at radius 1 is 1.40 bits per heavy atom. The van der Waals surface area contributed by atoms with Crippen molar-refractivity contribution in [2.24, 2.45) is 12.0 Å². The fraction of sp³-hybridized carbons (Fsp3) is 0.615. The number of likely N-dealkylation sites (tertiary alicyclic amines) is 1. The van der Waals surface area contributed by atoms with Crippen LogP contribution >= 0.6 is 24.0 Å². The number of nitrogens with one attached hydrogen (secondary N) is 1. The molecule has 0 bridgehead atoms. The van der Waals surface area contributed by atoms with Gasteiger partial charge in [0.25, 0.3) is 0 Å². The molecule has 1 aromatic rings. The Morgan fingerprint density at radius 2 is 2.10 bits per heavy atom. The lowest BCUT2D eigenvalue weighted by Gasteiger charge is -2.20. The van der Waals surface area contributed by atoms with E-state index in [4.69, 9.17) is 0 Å². The standard InChI is InChI=1S/C13H22N6.HI/c1-4-7-14-13(19-8-5-6-9-19)15-10-12-17-16-11(2)18(12)3;/h4H,1,5-10H2,2-3H3,(H,14,15);1H. The van der Waals surface area contributed by atoms with Crippen molar-refractivity contribution >= 4 is 29.9 Å². The number of rotatable bonds is 4. The summed E-state index contributed by atoms with van der Waals surface area (Å²) in [6, 6.07) is 0. The van der Waals surface area contributed by atoms with E-state index in [0.29, 0.717) is 6.54 Å². The molecular weight excluding hydrogens is 367 g/mol.